The lowest BCUT2D eigenvalue weighted by atomic mass is 9.66. The van der Waals surface area contributed by atoms with Crippen molar-refractivity contribution >= 4 is 5.97 Å². The van der Waals surface area contributed by atoms with Gasteiger partial charge in [-0.25, -0.2) is 0 Å². The molecule has 0 spiro atoms. The second-order valence-corrected chi connectivity index (χ2v) is 11.0. The fraction of sp³-hybridized carbons (Fsp3) is 0.552. The predicted octanol–water partition coefficient (Wildman–Crippen LogP) is 1.34. The van der Waals surface area contributed by atoms with Gasteiger partial charge in [-0.05, 0) is 47.9 Å². The first-order valence-electron chi connectivity index (χ1n) is 13.8. The van der Waals surface area contributed by atoms with Gasteiger partial charge in [-0.2, -0.15) is 0 Å². The van der Waals surface area contributed by atoms with Crippen molar-refractivity contribution in [3.63, 3.8) is 0 Å². The number of fused-ring (bicyclic) bond motifs is 4. The third-order valence-electron chi connectivity index (χ3n) is 8.75. The first-order chi connectivity index (χ1) is 20.3. The molecule has 3 fully saturated rings. The first kappa shape index (κ1) is 27.5. The summed E-state index contributed by atoms with van der Waals surface area (Å²) in [5, 5.41) is 32.5. The first-order valence-corrected chi connectivity index (χ1v) is 13.8. The molecule has 3 N–H and O–H groups in total. The van der Waals surface area contributed by atoms with Gasteiger partial charge in [-0.15, -0.1) is 0 Å². The number of hydrogen-bond acceptors (Lipinski definition) is 13. The second-order valence-electron chi connectivity index (χ2n) is 11.0. The van der Waals surface area contributed by atoms with Crippen LogP contribution in [-0.2, 0) is 28.5 Å². The summed E-state index contributed by atoms with van der Waals surface area (Å²) in [5.41, 5.74) is 2.01. The van der Waals surface area contributed by atoms with Crippen LogP contribution >= 0.6 is 0 Å². The summed E-state index contributed by atoms with van der Waals surface area (Å²) in [6.07, 6.45) is -6.80. The number of methoxy groups -OCH3 is 2. The summed E-state index contributed by atoms with van der Waals surface area (Å²) in [6.45, 7) is 1.93. The van der Waals surface area contributed by atoms with E-state index >= 15 is 0 Å². The standard InChI is InChI=1S/C29H32O13/c1-11-36-9-20-27(40-11)24(31)25(32)29(41-20)42-26-14-7-17-16(38-10-39-17)6-13(14)21(22-15(26)8-37-28(22)33)12-4-18(34-2)23(30)19(5-12)35-3/h4-7,11,15,20-22,24-27,29-32H,8-10H2,1-3H3/t11-,15+,20+,21-,22+,24+,25-,26-,27-,29+/m1/s1. The summed E-state index contributed by atoms with van der Waals surface area (Å²) in [4.78, 5) is 13.4. The van der Waals surface area contributed by atoms with Gasteiger partial charge in [0.2, 0.25) is 12.5 Å². The van der Waals surface area contributed by atoms with E-state index in [2.05, 4.69) is 0 Å². The van der Waals surface area contributed by atoms with Crippen LogP contribution in [0.1, 0.15) is 35.6 Å². The van der Waals surface area contributed by atoms with Crippen molar-refractivity contribution in [2.45, 2.75) is 55.9 Å². The van der Waals surface area contributed by atoms with Crippen molar-refractivity contribution in [1.82, 2.24) is 0 Å². The zero-order chi connectivity index (χ0) is 29.3. The fourth-order valence-corrected chi connectivity index (χ4v) is 6.74. The van der Waals surface area contributed by atoms with Crippen LogP contribution in [0.25, 0.3) is 0 Å². The normalized spacial score (nSPS) is 36.5. The highest BCUT2D eigenvalue weighted by atomic mass is 16.8. The Labute approximate surface area is 240 Å². The summed E-state index contributed by atoms with van der Waals surface area (Å²) < 4.78 is 51.5. The molecule has 0 aromatic heterocycles. The van der Waals surface area contributed by atoms with Gasteiger partial charge >= 0.3 is 5.97 Å². The lowest BCUT2D eigenvalue weighted by Gasteiger charge is -2.47. The Kier molecular flexibility index (Phi) is 6.83. The van der Waals surface area contributed by atoms with Crippen LogP contribution in [0, 0.1) is 11.8 Å². The van der Waals surface area contributed by atoms with Crippen molar-refractivity contribution in [3.8, 4) is 28.7 Å². The number of carbonyl (C=O) groups excluding carboxylic acids is 1. The summed E-state index contributed by atoms with van der Waals surface area (Å²) in [6, 6.07) is 6.93. The van der Waals surface area contributed by atoms with Crippen molar-refractivity contribution in [2.75, 3.05) is 34.2 Å². The van der Waals surface area contributed by atoms with Crippen molar-refractivity contribution < 1.29 is 62.7 Å². The van der Waals surface area contributed by atoms with Gasteiger partial charge in [0.25, 0.3) is 0 Å². The average molecular weight is 589 g/mol. The third kappa shape index (κ3) is 4.26. The molecule has 0 amide bonds. The van der Waals surface area contributed by atoms with E-state index in [1.165, 1.54) is 14.2 Å². The van der Waals surface area contributed by atoms with E-state index in [-0.39, 0.29) is 37.3 Å². The average Bonchev–Trinajstić information content (AvgIpc) is 3.61. The van der Waals surface area contributed by atoms with E-state index in [9.17, 15) is 20.1 Å². The number of benzene rings is 2. The molecule has 42 heavy (non-hydrogen) atoms. The van der Waals surface area contributed by atoms with Gasteiger partial charge in [0.1, 0.15) is 24.4 Å². The van der Waals surface area contributed by atoms with Crippen LogP contribution in [0.2, 0.25) is 0 Å². The number of hydrogen-bond donors (Lipinski definition) is 3. The van der Waals surface area contributed by atoms with Gasteiger partial charge in [0.05, 0.1) is 39.5 Å². The van der Waals surface area contributed by atoms with Crippen LogP contribution in [0.15, 0.2) is 24.3 Å². The highest BCUT2D eigenvalue weighted by Crippen LogP contribution is 2.57. The number of esters is 1. The molecule has 0 unspecified atom stereocenters. The van der Waals surface area contributed by atoms with Crippen LogP contribution < -0.4 is 18.9 Å². The van der Waals surface area contributed by atoms with E-state index in [0.29, 0.717) is 28.2 Å². The topological polar surface area (TPSA) is 161 Å². The smallest absolute Gasteiger partial charge is 0.310 e. The fourth-order valence-electron chi connectivity index (χ4n) is 6.74. The molecule has 0 radical (unpaired) electrons. The highest BCUT2D eigenvalue weighted by Gasteiger charge is 2.56. The molecule has 13 nitrogen and oxygen atoms in total. The molecule has 4 heterocycles. The number of phenols is 1. The molecule has 4 aliphatic heterocycles. The predicted molar refractivity (Wildman–Crippen MR) is 138 cm³/mol. The molecule has 2 aromatic rings. The number of ether oxygens (including phenoxy) is 9. The molecule has 5 aliphatic rings. The second kappa shape index (κ2) is 10.4. The lowest BCUT2D eigenvalue weighted by Crippen LogP contribution is -2.63. The van der Waals surface area contributed by atoms with Gasteiger partial charge in [-0.1, -0.05) is 0 Å². The number of aromatic hydroxyl groups is 1. The molecule has 0 bridgehead atoms. The molecule has 10 atom stereocenters. The van der Waals surface area contributed by atoms with Crippen LogP contribution in [0.4, 0.5) is 0 Å². The Bertz CT molecular complexity index is 1350. The summed E-state index contributed by atoms with van der Waals surface area (Å²) in [5.74, 6) is -1.02. The number of aliphatic hydroxyl groups is 2. The van der Waals surface area contributed by atoms with E-state index in [1.807, 2.05) is 0 Å². The number of phenolic OH excluding ortho intramolecular Hbond substituents is 1. The minimum atomic E-state index is -1.44. The highest BCUT2D eigenvalue weighted by molar-refractivity contribution is 5.79. The van der Waals surface area contributed by atoms with Crippen molar-refractivity contribution in [1.29, 1.82) is 0 Å². The maximum Gasteiger partial charge on any atom is 0.310 e. The lowest BCUT2D eigenvalue weighted by molar-refractivity contribution is -0.364. The Morgan fingerprint density at radius 3 is 2.26 bits per heavy atom. The molecule has 2 aromatic carbocycles. The number of aliphatic hydroxyl groups excluding tert-OH is 2. The summed E-state index contributed by atoms with van der Waals surface area (Å²) >= 11 is 0. The molecular weight excluding hydrogens is 556 g/mol. The van der Waals surface area contributed by atoms with E-state index in [1.54, 1.807) is 31.2 Å². The Morgan fingerprint density at radius 1 is 0.881 bits per heavy atom. The molecular formula is C29H32O13. The Balaban J connectivity index is 1.32. The maximum atomic E-state index is 13.4. The van der Waals surface area contributed by atoms with Crippen LogP contribution in [0.5, 0.6) is 28.7 Å². The molecule has 226 valence electrons. The minimum absolute atomic E-state index is 0.0301. The van der Waals surface area contributed by atoms with Crippen molar-refractivity contribution in [2.24, 2.45) is 11.8 Å². The molecule has 0 saturated carbocycles. The molecule has 7 rings (SSSR count). The summed E-state index contributed by atoms with van der Waals surface area (Å²) in [7, 11) is 2.86. The SMILES string of the molecule is COc1cc([C@@H]2c3cc4c(cc3[C@@H](O[C@@H]3O[C@H]5CO[C@@H](C)O[C@H]5[C@@H](O)[C@H]3O)[C@H]3COC(=O)[C@H]23)OCO4)cc(OC)c1O. The van der Waals surface area contributed by atoms with Gasteiger partial charge in [0.15, 0.2) is 35.6 Å². The Hall–Kier alpha value is -3.33. The minimum Gasteiger partial charge on any atom is -0.502 e. The van der Waals surface area contributed by atoms with E-state index in [0.717, 1.165) is 0 Å². The quantitative estimate of drug-likeness (QED) is 0.430. The van der Waals surface area contributed by atoms with Gasteiger partial charge in [-0.3, -0.25) is 4.79 Å². The third-order valence-corrected chi connectivity index (χ3v) is 8.75. The molecule has 3 saturated heterocycles. The zero-order valence-electron chi connectivity index (χ0n) is 23.1. The van der Waals surface area contributed by atoms with Crippen LogP contribution in [-0.4, -0.2) is 92.5 Å². The van der Waals surface area contributed by atoms with E-state index in [4.69, 9.17) is 42.6 Å². The zero-order valence-corrected chi connectivity index (χ0v) is 23.1. The largest absolute Gasteiger partial charge is 0.502 e. The monoisotopic (exact) mass is 588 g/mol. The Morgan fingerprint density at radius 2 is 1.57 bits per heavy atom. The van der Waals surface area contributed by atoms with E-state index < -0.39 is 66.8 Å². The van der Waals surface area contributed by atoms with Gasteiger partial charge in [0, 0.05) is 11.8 Å². The molecule has 1 aliphatic carbocycles. The number of cyclic esters (lactones) is 1. The van der Waals surface area contributed by atoms with Crippen molar-refractivity contribution in [3.05, 3.63) is 41.0 Å². The van der Waals surface area contributed by atoms with Gasteiger partial charge < -0.3 is 58.0 Å². The van der Waals surface area contributed by atoms with Crippen LogP contribution in [0.3, 0.4) is 0 Å². The number of rotatable bonds is 5. The number of carbonyl (C=O) groups is 1. The maximum absolute atomic E-state index is 13.4. The molecule has 13 heteroatoms.